The highest BCUT2D eigenvalue weighted by atomic mass is 15.2. The van der Waals surface area contributed by atoms with E-state index in [0.717, 1.165) is 24.2 Å². The lowest BCUT2D eigenvalue weighted by Crippen LogP contribution is -2.42. The molecule has 0 aliphatic rings. The van der Waals surface area contributed by atoms with Gasteiger partial charge in [0.2, 0.25) is 0 Å². The molecule has 0 aromatic heterocycles. The summed E-state index contributed by atoms with van der Waals surface area (Å²) in [5, 5.41) is 3.58. The first-order chi connectivity index (χ1) is 22.2. The van der Waals surface area contributed by atoms with Crippen LogP contribution in [0.2, 0.25) is 0 Å². The fourth-order valence-electron chi connectivity index (χ4n) is 6.65. The van der Waals surface area contributed by atoms with Crippen molar-refractivity contribution in [2.45, 2.75) is 84.1 Å². The molecule has 0 saturated carbocycles. The van der Waals surface area contributed by atoms with Crippen molar-refractivity contribution in [3.05, 3.63) is 145 Å². The fraction of sp³-hybridized carbons (Fsp3) is 0.302. The molecule has 45 heavy (non-hydrogen) atoms. The van der Waals surface area contributed by atoms with Crippen molar-refractivity contribution in [3.8, 4) is 11.1 Å². The van der Waals surface area contributed by atoms with Crippen molar-refractivity contribution < 1.29 is 0 Å². The quantitative estimate of drug-likeness (QED) is 0.114. The molecule has 5 aromatic carbocycles. The Morgan fingerprint density at radius 2 is 0.956 bits per heavy atom. The average molecular weight is 595 g/mol. The van der Waals surface area contributed by atoms with Crippen LogP contribution in [0.5, 0.6) is 0 Å². The summed E-state index contributed by atoms with van der Waals surface area (Å²) in [4.78, 5) is 2.53. The third-order valence-electron chi connectivity index (χ3n) is 9.33. The normalized spacial score (nSPS) is 11.4. The second-order valence-electron chi connectivity index (χ2n) is 12.2. The van der Waals surface area contributed by atoms with Crippen molar-refractivity contribution in [1.82, 2.24) is 0 Å². The highest BCUT2D eigenvalue weighted by molar-refractivity contribution is 5.70. The fourth-order valence-corrected chi connectivity index (χ4v) is 6.65. The van der Waals surface area contributed by atoms with Crippen molar-refractivity contribution in [1.29, 1.82) is 0 Å². The summed E-state index contributed by atoms with van der Waals surface area (Å²) < 4.78 is 0. The molecule has 0 aliphatic carbocycles. The second kappa shape index (κ2) is 16.1. The maximum absolute atomic E-state index is 3.58. The van der Waals surface area contributed by atoms with E-state index in [4.69, 9.17) is 0 Å². The van der Waals surface area contributed by atoms with Gasteiger partial charge in [-0.3, -0.25) is 0 Å². The number of nitrogens with one attached hydrogen (secondary N) is 1. The number of nitrogens with zero attached hydrogens (tertiary/aromatic N) is 1. The first kappa shape index (κ1) is 32.1. The maximum atomic E-state index is 3.58. The Kier molecular flexibility index (Phi) is 11.5. The molecule has 0 saturated heterocycles. The van der Waals surface area contributed by atoms with Gasteiger partial charge >= 0.3 is 0 Å². The van der Waals surface area contributed by atoms with Gasteiger partial charge in [0.05, 0.1) is 5.54 Å². The third-order valence-corrected chi connectivity index (χ3v) is 9.33. The molecule has 232 valence electrons. The summed E-state index contributed by atoms with van der Waals surface area (Å²) in [6.45, 7) is 6.90. The SMILES string of the molecule is CCCCCCCCc1ccc(Nc2ccc(-c3ccc(C(CC)(CC)N(c4ccccc4)c4ccccc4)cc3)cc2)cc1. The highest BCUT2D eigenvalue weighted by Crippen LogP contribution is 2.44. The molecular weight excluding hydrogens is 544 g/mol. The molecular formula is C43H50N2. The monoisotopic (exact) mass is 594 g/mol. The van der Waals surface area contributed by atoms with Gasteiger partial charge in [-0.05, 0) is 96.5 Å². The molecule has 0 radical (unpaired) electrons. The Bertz CT molecular complexity index is 1500. The van der Waals surface area contributed by atoms with Crippen LogP contribution in [0.1, 0.15) is 83.3 Å². The van der Waals surface area contributed by atoms with E-state index in [0.29, 0.717) is 0 Å². The summed E-state index contributed by atoms with van der Waals surface area (Å²) in [5.74, 6) is 0. The van der Waals surface area contributed by atoms with Gasteiger partial charge in [0.1, 0.15) is 0 Å². The summed E-state index contributed by atoms with van der Waals surface area (Å²) in [7, 11) is 0. The van der Waals surface area contributed by atoms with E-state index in [-0.39, 0.29) is 5.54 Å². The average Bonchev–Trinajstić information content (AvgIpc) is 3.11. The van der Waals surface area contributed by atoms with Crippen LogP contribution < -0.4 is 10.2 Å². The zero-order valence-corrected chi connectivity index (χ0v) is 27.5. The number of rotatable bonds is 16. The Morgan fingerprint density at radius 3 is 1.47 bits per heavy atom. The molecule has 0 amide bonds. The number of hydrogen-bond acceptors (Lipinski definition) is 2. The van der Waals surface area contributed by atoms with E-state index in [9.17, 15) is 0 Å². The summed E-state index contributed by atoms with van der Waals surface area (Å²) in [5.41, 5.74) is 9.73. The summed E-state index contributed by atoms with van der Waals surface area (Å²) in [6, 6.07) is 48.6. The van der Waals surface area contributed by atoms with Crippen molar-refractivity contribution >= 4 is 22.7 Å². The first-order valence-electron chi connectivity index (χ1n) is 17.1. The Hall–Kier alpha value is -4.30. The van der Waals surface area contributed by atoms with Gasteiger partial charge in [0, 0.05) is 22.7 Å². The Labute approximate surface area is 272 Å². The number of hydrogen-bond donors (Lipinski definition) is 1. The standard InChI is InChI=1S/C43H50N2/c1-4-7-8-9-10-13-18-35-23-31-39(32-24-35)44-40-33-27-37(28-34-40)36-25-29-38(30-26-36)43(5-2,6-3)45(41-19-14-11-15-20-41)42-21-16-12-17-22-42/h11-12,14-17,19-34,44H,4-10,13,18H2,1-3H3. The van der Waals surface area contributed by atoms with E-state index < -0.39 is 0 Å². The first-order valence-corrected chi connectivity index (χ1v) is 17.1. The molecule has 0 unspecified atom stereocenters. The van der Waals surface area contributed by atoms with Crippen LogP contribution in [-0.2, 0) is 12.0 Å². The van der Waals surface area contributed by atoms with Crippen LogP contribution in [-0.4, -0.2) is 0 Å². The van der Waals surface area contributed by atoms with Crippen molar-refractivity contribution in [3.63, 3.8) is 0 Å². The van der Waals surface area contributed by atoms with Crippen molar-refractivity contribution in [2.75, 3.05) is 10.2 Å². The van der Waals surface area contributed by atoms with Gasteiger partial charge in [-0.25, -0.2) is 0 Å². The molecule has 5 rings (SSSR count). The molecule has 5 aromatic rings. The molecule has 0 heterocycles. The van der Waals surface area contributed by atoms with Crippen LogP contribution in [0.15, 0.2) is 133 Å². The topological polar surface area (TPSA) is 15.3 Å². The zero-order chi connectivity index (χ0) is 31.3. The number of benzene rings is 5. The Balaban J connectivity index is 1.27. The largest absolute Gasteiger partial charge is 0.356 e. The summed E-state index contributed by atoms with van der Waals surface area (Å²) >= 11 is 0. The van der Waals surface area contributed by atoms with Gasteiger partial charge < -0.3 is 10.2 Å². The van der Waals surface area contributed by atoms with Crippen LogP contribution in [0.25, 0.3) is 11.1 Å². The van der Waals surface area contributed by atoms with Gasteiger partial charge in [-0.15, -0.1) is 0 Å². The molecule has 2 nitrogen and oxygen atoms in total. The van der Waals surface area contributed by atoms with Gasteiger partial charge in [-0.2, -0.15) is 0 Å². The molecule has 0 aliphatic heterocycles. The second-order valence-corrected chi connectivity index (χ2v) is 12.2. The van der Waals surface area contributed by atoms with Crippen LogP contribution >= 0.6 is 0 Å². The van der Waals surface area contributed by atoms with Crippen molar-refractivity contribution in [2.24, 2.45) is 0 Å². The molecule has 0 fully saturated rings. The lowest BCUT2D eigenvalue weighted by molar-refractivity contribution is 0.403. The van der Waals surface area contributed by atoms with E-state index in [1.165, 1.54) is 78.6 Å². The smallest absolute Gasteiger partial charge is 0.0697 e. The predicted octanol–water partition coefficient (Wildman–Crippen LogP) is 12.9. The minimum absolute atomic E-state index is 0.167. The van der Waals surface area contributed by atoms with E-state index >= 15 is 0 Å². The molecule has 0 bridgehead atoms. The van der Waals surface area contributed by atoms with Crippen LogP contribution in [0.3, 0.4) is 0 Å². The molecule has 0 atom stereocenters. The minimum Gasteiger partial charge on any atom is -0.356 e. The van der Waals surface area contributed by atoms with Crippen LogP contribution in [0.4, 0.5) is 22.7 Å². The van der Waals surface area contributed by atoms with Gasteiger partial charge in [0.25, 0.3) is 0 Å². The van der Waals surface area contributed by atoms with Gasteiger partial charge in [0.15, 0.2) is 0 Å². The molecule has 1 N–H and O–H groups in total. The lowest BCUT2D eigenvalue weighted by Gasteiger charge is -2.45. The number of anilines is 4. The van der Waals surface area contributed by atoms with Gasteiger partial charge in [-0.1, -0.05) is 138 Å². The summed E-state index contributed by atoms with van der Waals surface area (Å²) in [6.07, 6.45) is 11.2. The minimum atomic E-state index is -0.167. The van der Waals surface area contributed by atoms with E-state index in [1.807, 2.05) is 0 Å². The molecule has 0 spiro atoms. The van der Waals surface area contributed by atoms with E-state index in [1.54, 1.807) is 0 Å². The Morgan fingerprint density at radius 1 is 0.489 bits per heavy atom. The van der Waals surface area contributed by atoms with E-state index in [2.05, 4.69) is 164 Å². The van der Waals surface area contributed by atoms with Crippen LogP contribution in [0, 0.1) is 0 Å². The maximum Gasteiger partial charge on any atom is 0.0697 e. The highest BCUT2D eigenvalue weighted by Gasteiger charge is 2.36. The number of aryl methyl sites for hydroxylation is 1. The number of para-hydroxylation sites is 2. The lowest BCUT2D eigenvalue weighted by atomic mass is 9.81. The molecule has 2 heteroatoms. The zero-order valence-electron chi connectivity index (χ0n) is 27.5. The predicted molar refractivity (Wildman–Crippen MR) is 196 cm³/mol. The third kappa shape index (κ3) is 8.05. The number of unbranched alkanes of at least 4 members (excludes halogenated alkanes) is 5.